The second kappa shape index (κ2) is 6.30. The average molecular weight is 293 g/mol. The number of alkyl halides is 1. The number of hydrogen-bond acceptors (Lipinski definition) is 3. The summed E-state index contributed by atoms with van der Waals surface area (Å²) in [6.07, 6.45) is -1.98. The number of aliphatic hydroxyl groups excluding tert-OH is 3. The molecule has 0 saturated carbocycles. The van der Waals surface area contributed by atoms with Gasteiger partial charge in [-0.1, -0.05) is 22.0 Å². The third-order valence-electron chi connectivity index (χ3n) is 2.33. The molecule has 0 aromatic heterocycles. The molecular weight excluding hydrogens is 279 g/mol. The highest BCUT2D eigenvalue weighted by molar-refractivity contribution is 9.09. The Labute approximate surface area is 102 Å². The van der Waals surface area contributed by atoms with Gasteiger partial charge in [-0.2, -0.15) is 0 Å². The lowest BCUT2D eigenvalue weighted by molar-refractivity contribution is 0.0152. The fourth-order valence-electron chi connectivity index (χ4n) is 1.40. The summed E-state index contributed by atoms with van der Waals surface area (Å²) in [4.78, 5) is 0. The van der Waals surface area contributed by atoms with Crippen LogP contribution in [0.5, 0.6) is 0 Å². The van der Waals surface area contributed by atoms with Crippen LogP contribution in [0.4, 0.5) is 4.39 Å². The maximum atomic E-state index is 13.4. The highest BCUT2D eigenvalue weighted by Crippen LogP contribution is 2.23. The van der Waals surface area contributed by atoms with Gasteiger partial charge in [-0.3, -0.25) is 0 Å². The first-order valence-electron chi connectivity index (χ1n) is 4.91. The summed E-state index contributed by atoms with van der Waals surface area (Å²) in [5, 5.41) is 28.7. The predicted molar refractivity (Wildman–Crippen MR) is 61.7 cm³/mol. The Morgan fingerprint density at radius 2 is 2.00 bits per heavy atom. The van der Waals surface area contributed by atoms with Crippen molar-refractivity contribution in [2.75, 3.05) is 5.33 Å². The topological polar surface area (TPSA) is 60.7 Å². The second-order valence-electron chi connectivity index (χ2n) is 3.50. The van der Waals surface area contributed by atoms with Crippen LogP contribution in [-0.4, -0.2) is 26.8 Å². The van der Waals surface area contributed by atoms with Crippen molar-refractivity contribution in [3.05, 3.63) is 35.1 Å². The highest BCUT2D eigenvalue weighted by Gasteiger charge is 2.21. The van der Waals surface area contributed by atoms with E-state index in [1.165, 1.54) is 18.2 Å². The van der Waals surface area contributed by atoms with Crippen LogP contribution in [0.3, 0.4) is 0 Å². The summed E-state index contributed by atoms with van der Waals surface area (Å²) in [5.41, 5.74) is 0.515. The second-order valence-corrected chi connectivity index (χ2v) is 4.30. The summed E-state index contributed by atoms with van der Waals surface area (Å²) in [5.74, 6) is -0.585. The van der Waals surface area contributed by atoms with Crippen molar-refractivity contribution in [2.24, 2.45) is 0 Å². The standard InChI is InChI=1S/C11H14BrFO3/c12-4-3-10(15)11(16)8-5-7(6-14)1-2-9(8)13/h1-2,5,10-11,14-16H,3-4,6H2. The first kappa shape index (κ1) is 13.6. The summed E-state index contributed by atoms with van der Waals surface area (Å²) < 4.78 is 13.4. The molecule has 3 N–H and O–H groups in total. The van der Waals surface area contributed by atoms with E-state index in [4.69, 9.17) is 5.11 Å². The number of halogens is 2. The van der Waals surface area contributed by atoms with Crippen molar-refractivity contribution in [1.82, 2.24) is 0 Å². The minimum Gasteiger partial charge on any atom is -0.392 e. The first-order chi connectivity index (χ1) is 7.60. The van der Waals surface area contributed by atoms with E-state index in [-0.39, 0.29) is 12.2 Å². The Kier molecular flexibility index (Phi) is 5.34. The number of rotatable bonds is 5. The molecule has 0 saturated heterocycles. The van der Waals surface area contributed by atoms with E-state index >= 15 is 0 Å². The molecule has 1 aromatic carbocycles. The molecule has 16 heavy (non-hydrogen) atoms. The summed E-state index contributed by atoms with van der Waals surface area (Å²) >= 11 is 3.13. The molecule has 90 valence electrons. The van der Waals surface area contributed by atoms with Crippen LogP contribution in [-0.2, 0) is 6.61 Å². The normalized spacial score (nSPS) is 14.8. The fraction of sp³-hybridized carbons (Fsp3) is 0.455. The van der Waals surface area contributed by atoms with Crippen LogP contribution in [0, 0.1) is 5.82 Å². The van der Waals surface area contributed by atoms with Gasteiger partial charge in [-0.05, 0) is 24.1 Å². The van der Waals surface area contributed by atoms with Crippen LogP contribution in [0.2, 0.25) is 0 Å². The average Bonchev–Trinajstić information content (AvgIpc) is 2.29. The van der Waals surface area contributed by atoms with E-state index in [0.29, 0.717) is 17.3 Å². The quantitative estimate of drug-likeness (QED) is 0.721. The Morgan fingerprint density at radius 1 is 1.31 bits per heavy atom. The molecule has 0 aliphatic heterocycles. The molecular formula is C11H14BrFO3. The predicted octanol–water partition coefficient (Wildman–Crippen LogP) is 1.50. The third kappa shape index (κ3) is 3.25. The highest BCUT2D eigenvalue weighted by atomic mass is 79.9. The zero-order chi connectivity index (χ0) is 12.1. The zero-order valence-electron chi connectivity index (χ0n) is 8.61. The van der Waals surface area contributed by atoms with Gasteiger partial charge in [0, 0.05) is 10.9 Å². The van der Waals surface area contributed by atoms with Gasteiger partial charge in [0.15, 0.2) is 0 Å². The van der Waals surface area contributed by atoms with E-state index in [9.17, 15) is 14.6 Å². The summed E-state index contributed by atoms with van der Waals surface area (Å²) in [6.45, 7) is -0.228. The molecule has 0 radical (unpaired) electrons. The SMILES string of the molecule is OCc1ccc(F)c(C(O)C(O)CCBr)c1. The van der Waals surface area contributed by atoms with Crippen molar-refractivity contribution < 1.29 is 19.7 Å². The van der Waals surface area contributed by atoms with Crippen LogP contribution < -0.4 is 0 Å². The molecule has 2 atom stereocenters. The fourth-order valence-corrected chi connectivity index (χ4v) is 1.86. The van der Waals surface area contributed by atoms with Gasteiger partial charge in [0.05, 0.1) is 12.7 Å². The Bertz CT molecular complexity index is 346. The summed E-state index contributed by atoms with van der Waals surface area (Å²) in [6, 6.07) is 3.96. The van der Waals surface area contributed by atoms with E-state index < -0.39 is 18.0 Å². The molecule has 0 fully saturated rings. The van der Waals surface area contributed by atoms with Crippen LogP contribution in [0.15, 0.2) is 18.2 Å². The largest absolute Gasteiger partial charge is 0.392 e. The van der Waals surface area contributed by atoms with Crippen molar-refractivity contribution in [3.8, 4) is 0 Å². The van der Waals surface area contributed by atoms with Crippen molar-refractivity contribution >= 4 is 15.9 Å². The van der Waals surface area contributed by atoms with E-state index in [1.54, 1.807) is 0 Å². The van der Waals surface area contributed by atoms with Crippen molar-refractivity contribution in [2.45, 2.75) is 25.2 Å². The summed E-state index contributed by atoms with van der Waals surface area (Å²) in [7, 11) is 0. The smallest absolute Gasteiger partial charge is 0.129 e. The van der Waals surface area contributed by atoms with E-state index in [1.807, 2.05) is 0 Å². The minimum atomic E-state index is -1.27. The van der Waals surface area contributed by atoms with E-state index in [0.717, 1.165) is 0 Å². The molecule has 3 nitrogen and oxygen atoms in total. The number of benzene rings is 1. The first-order valence-corrected chi connectivity index (χ1v) is 6.03. The minimum absolute atomic E-state index is 0.0139. The van der Waals surface area contributed by atoms with Crippen molar-refractivity contribution in [1.29, 1.82) is 0 Å². The van der Waals surface area contributed by atoms with Crippen molar-refractivity contribution in [3.63, 3.8) is 0 Å². The van der Waals surface area contributed by atoms with Gasteiger partial charge >= 0.3 is 0 Å². The molecule has 0 spiro atoms. The van der Waals surface area contributed by atoms with Crippen LogP contribution in [0.25, 0.3) is 0 Å². The third-order valence-corrected chi connectivity index (χ3v) is 2.79. The van der Waals surface area contributed by atoms with Gasteiger partial charge in [-0.25, -0.2) is 4.39 Å². The van der Waals surface area contributed by atoms with Gasteiger partial charge in [0.2, 0.25) is 0 Å². The molecule has 0 heterocycles. The molecule has 2 unspecified atom stereocenters. The molecule has 1 rings (SSSR count). The van der Waals surface area contributed by atoms with Crippen LogP contribution in [0.1, 0.15) is 23.7 Å². The Hall–Kier alpha value is -0.490. The molecule has 0 bridgehead atoms. The maximum absolute atomic E-state index is 13.4. The lowest BCUT2D eigenvalue weighted by Gasteiger charge is -2.18. The zero-order valence-corrected chi connectivity index (χ0v) is 10.2. The van der Waals surface area contributed by atoms with Gasteiger partial charge in [-0.15, -0.1) is 0 Å². The molecule has 0 aliphatic rings. The molecule has 0 amide bonds. The van der Waals surface area contributed by atoms with Gasteiger partial charge in [0.1, 0.15) is 11.9 Å². The molecule has 1 aromatic rings. The monoisotopic (exact) mass is 292 g/mol. The molecule has 5 heteroatoms. The Morgan fingerprint density at radius 3 is 2.56 bits per heavy atom. The number of hydrogen-bond donors (Lipinski definition) is 3. The lowest BCUT2D eigenvalue weighted by atomic mass is 10.00. The molecule has 0 aliphatic carbocycles. The lowest BCUT2D eigenvalue weighted by Crippen LogP contribution is -2.19. The Balaban J connectivity index is 2.92. The van der Waals surface area contributed by atoms with Gasteiger partial charge in [0.25, 0.3) is 0 Å². The number of aliphatic hydroxyl groups is 3. The van der Waals surface area contributed by atoms with Crippen LogP contribution >= 0.6 is 15.9 Å². The van der Waals surface area contributed by atoms with Gasteiger partial charge < -0.3 is 15.3 Å². The van der Waals surface area contributed by atoms with E-state index in [2.05, 4.69) is 15.9 Å². The maximum Gasteiger partial charge on any atom is 0.129 e.